The topological polar surface area (TPSA) is 18.5 Å². The smallest absolute Gasteiger partial charge is 0.521 e. The molecule has 0 aliphatic heterocycles. The van der Waals surface area contributed by atoms with Crippen LogP contribution in [0.3, 0.4) is 0 Å². The van der Waals surface area contributed by atoms with E-state index in [1.165, 1.54) is 0 Å². The Kier molecular flexibility index (Phi) is 7.99. The lowest BCUT2D eigenvalue weighted by molar-refractivity contribution is 0.335. The van der Waals surface area contributed by atoms with Crippen LogP contribution in [-0.2, 0) is 0 Å². The van der Waals surface area contributed by atoms with E-state index in [0.717, 1.165) is 0 Å². The molecule has 0 radical (unpaired) electrons. The van der Waals surface area contributed by atoms with Crippen molar-refractivity contribution in [2.75, 3.05) is 0 Å². The molecule has 0 amide bonds. The van der Waals surface area contributed by atoms with E-state index in [2.05, 4.69) is 4.65 Å². The van der Waals surface area contributed by atoms with Crippen LogP contribution in [0.25, 0.3) is 43.1 Å². The second kappa shape index (κ2) is 11.9. The van der Waals surface area contributed by atoms with Crippen molar-refractivity contribution in [1.29, 1.82) is 0 Å². The molecule has 7 aromatic carbocycles. The summed E-state index contributed by atoms with van der Waals surface area (Å²) in [6, 6.07) is 0.446. The highest BCUT2D eigenvalue weighted by molar-refractivity contribution is 6.66. The first-order valence-corrected chi connectivity index (χ1v) is 13.8. The van der Waals surface area contributed by atoms with Crippen LogP contribution in [0.5, 0.6) is 11.5 Å². The van der Waals surface area contributed by atoms with Crippen LogP contribution in [-0.4, -0.2) is 7.12 Å². The highest BCUT2D eigenvalue weighted by Gasteiger charge is 2.43. The van der Waals surface area contributed by atoms with E-state index in [-0.39, 0.29) is 12.1 Å². The van der Waals surface area contributed by atoms with Crippen molar-refractivity contribution in [2.45, 2.75) is 0 Å². The Morgan fingerprint density at radius 2 is 0.717 bits per heavy atom. The number of hydrogen-bond acceptors (Lipinski definition) is 2. The predicted molar refractivity (Wildman–Crippen MR) is 146 cm³/mol. The quantitative estimate of drug-likeness (QED) is 0.0571. The van der Waals surface area contributed by atoms with Gasteiger partial charge in [-0.15, -0.1) is 0 Å². The lowest BCUT2D eigenvalue weighted by atomic mass is 9.73. The summed E-state index contributed by atoms with van der Waals surface area (Å²) in [6.07, 6.45) is 0. The summed E-state index contributed by atoms with van der Waals surface area (Å²) in [4.78, 5) is 0. The highest BCUT2D eigenvalue weighted by Crippen LogP contribution is 2.45. The van der Waals surface area contributed by atoms with E-state index in [9.17, 15) is 52.7 Å². The maximum atomic E-state index is 16.1. The number of benzene rings is 7. The summed E-state index contributed by atoms with van der Waals surface area (Å²) in [5.41, 5.74) is -2.18. The van der Waals surface area contributed by atoms with Gasteiger partial charge < -0.3 is 9.31 Å². The van der Waals surface area contributed by atoms with Crippen LogP contribution in [0.15, 0.2) is 18.2 Å². The molecular weight excluding hydrogens is 769 g/mol. The molecule has 0 bridgehead atoms. The van der Waals surface area contributed by atoms with Crippen LogP contribution in [0.1, 0.15) is 0 Å². The lowest BCUT2D eigenvalue weighted by Crippen LogP contribution is -2.46. The van der Waals surface area contributed by atoms with Gasteiger partial charge in [0.25, 0.3) is 0 Å². The lowest BCUT2D eigenvalue weighted by Gasteiger charge is -2.23. The number of rotatable bonds is 5. The second-order valence-corrected chi connectivity index (χ2v) is 10.9. The van der Waals surface area contributed by atoms with Crippen molar-refractivity contribution in [3.8, 4) is 11.5 Å². The highest BCUT2D eigenvalue weighted by atomic mass is 19.2. The van der Waals surface area contributed by atoms with E-state index in [4.69, 9.17) is 4.65 Å². The zero-order chi connectivity index (χ0) is 38.9. The van der Waals surface area contributed by atoms with Gasteiger partial charge in [-0.25, -0.2) is 70.2 Å². The van der Waals surface area contributed by atoms with Crippen molar-refractivity contribution in [3.63, 3.8) is 0 Å². The van der Waals surface area contributed by atoms with Gasteiger partial charge in [-0.1, -0.05) is 0 Å². The molecule has 0 heterocycles. The molecule has 0 saturated carbocycles. The zero-order valence-electron chi connectivity index (χ0n) is 24.4. The maximum Gasteiger partial charge on any atom is 0.636 e. The molecule has 7 rings (SSSR count). The molecule has 272 valence electrons. The SMILES string of the molecule is Fc1cc2c(OB(Oc3c(F)c(F)c(F)c(F)c3F)c3c(F)c(F)c4c(F)c(F)c5c(F)c(F)c(F)c6c(F)c(F)c3c4c56)ccc(F)c2c(F)c1F. The Bertz CT molecular complexity index is 2740. The minimum absolute atomic E-state index is 0.0405. The second-order valence-electron chi connectivity index (χ2n) is 10.9. The van der Waals surface area contributed by atoms with Crippen molar-refractivity contribution < 1.29 is 88.3 Å². The third-order valence-electron chi connectivity index (χ3n) is 8.17. The molecule has 0 unspecified atom stereocenters. The third kappa shape index (κ3) is 4.67. The normalized spacial score (nSPS) is 12.0. The first-order valence-electron chi connectivity index (χ1n) is 13.8. The molecule has 53 heavy (non-hydrogen) atoms. The van der Waals surface area contributed by atoms with E-state index in [1.807, 2.05) is 0 Å². The molecule has 2 nitrogen and oxygen atoms in total. The van der Waals surface area contributed by atoms with Crippen molar-refractivity contribution >= 4 is 55.7 Å². The predicted octanol–water partition coefficient (Wildman–Crippen LogP) is 10.1. The van der Waals surface area contributed by atoms with Gasteiger partial charge in [-0.3, -0.25) is 0 Å². The molecule has 0 aliphatic rings. The molecular formula is C32H3BF18O2. The fraction of sp³-hybridized carbons (Fsp3) is 0. The largest absolute Gasteiger partial charge is 0.636 e. The van der Waals surface area contributed by atoms with Crippen molar-refractivity contribution in [1.82, 2.24) is 0 Å². The van der Waals surface area contributed by atoms with E-state index in [0.29, 0.717) is 6.07 Å². The molecule has 0 atom stereocenters. The van der Waals surface area contributed by atoms with Crippen LogP contribution in [0.4, 0.5) is 79.0 Å². The summed E-state index contributed by atoms with van der Waals surface area (Å²) >= 11 is 0. The Hall–Kier alpha value is -5.76. The molecule has 21 heteroatoms. The summed E-state index contributed by atoms with van der Waals surface area (Å²) in [5.74, 6) is -50.8. The van der Waals surface area contributed by atoms with Crippen LogP contribution in [0.2, 0.25) is 0 Å². The zero-order valence-corrected chi connectivity index (χ0v) is 24.4. The van der Waals surface area contributed by atoms with E-state index in [1.54, 1.807) is 0 Å². The summed E-state index contributed by atoms with van der Waals surface area (Å²) in [6.45, 7) is 0. The fourth-order valence-corrected chi connectivity index (χ4v) is 5.87. The van der Waals surface area contributed by atoms with Crippen molar-refractivity contribution in [2.24, 2.45) is 0 Å². The molecule has 0 saturated heterocycles. The molecule has 0 spiro atoms. The monoisotopic (exact) mass is 772 g/mol. The Labute approximate surface area is 278 Å². The number of hydrogen-bond donors (Lipinski definition) is 0. The van der Waals surface area contributed by atoms with Gasteiger partial charge in [0.1, 0.15) is 11.6 Å². The molecule has 0 N–H and O–H groups in total. The average molecular weight is 772 g/mol. The summed E-state index contributed by atoms with van der Waals surface area (Å²) in [5, 5.41) is -14.5. The fourth-order valence-electron chi connectivity index (χ4n) is 5.87. The van der Waals surface area contributed by atoms with E-state index >= 15 is 26.3 Å². The average Bonchev–Trinajstić information content (AvgIpc) is 3.12. The van der Waals surface area contributed by atoms with Crippen LogP contribution < -0.4 is 14.8 Å². The molecule has 0 aliphatic carbocycles. The molecule has 0 fully saturated rings. The van der Waals surface area contributed by atoms with Gasteiger partial charge in [0.15, 0.2) is 75.6 Å². The first-order chi connectivity index (χ1) is 24.8. The van der Waals surface area contributed by atoms with Gasteiger partial charge in [-0.2, -0.15) is 8.78 Å². The number of halogens is 18. The summed E-state index contributed by atoms with van der Waals surface area (Å²) < 4.78 is 277. The Morgan fingerprint density at radius 1 is 0.321 bits per heavy atom. The first kappa shape index (κ1) is 35.6. The maximum absolute atomic E-state index is 16.1. The van der Waals surface area contributed by atoms with Crippen LogP contribution in [0, 0.1) is 105 Å². The van der Waals surface area contributed by atoms with Gasteiger partial charge in [0.2, 0.25) is 29.1 Å². The van der Waals surface area contributed by atoms with Crippen molar-refractivity contribution in [3.05, 3.63) is 123 Å². The number of fused-ring (bicyclic) bond motifs is 1. The Balaban J connectivity index is 1.67. The Morgan fingerprint density at radius 3 is 1.25 bits per heavy atom. The summed E-state index contributed by atoms with van der Waals surface area (Å²) in [7, 11) is -3.60. The molecule has 0 aromatic heterocycles. The van der Waals surface area contributed by atoms with Gasteiger partial charge >= 0.3 is 7.12 Å². The third-order valence-corrected chi connectivity index (χ3v) is 8.17. The minimum atomic E-state index is -3.60. The van der Waals surface area contributed by atoms with E-state index < -0.39 is 172 Å². The minimum Gasteiger partial charge on any atom is -0.521 e. The van der Waals surface area contributed by atoms with Gasteiger partial charge in [-0.05, 0) is 18.2 Å². The molecule has 7 aromatic rings. The van der Waals surface area contributed by atoms with Gasteiger partial charge in [0.05, 0.1) is 27.0 Å². The van der Waals surface area contributed by atoms with Gasteiger partial charge in [0, 0.05) is 21.5 Å². The standard InChI is InChI=1S/C32H3BF18O2/c34-5-1-2-7(4-3-6(35)16(36)17(37)8(4)5)52-33(53-32-30(50)28(48)27(47)29(49)31(32)51)15-11-9-10-13(19(39)18(11)38)23(43)26(46)24(44)14(10)21(41)20(40)12(9)22(42)25(15)45/h1-3H. The van der Waals surface area contributed by atoms with Crippen LogP contribution >= 0.6 is 0 Å².